The van der Waals surface area contributed by atoms with E-state index in [9.17, 15) is 13.2 Å². The molecule has 0 saturated heterocycles. The van der Waals surface area contributed by atoms with Crippen LogP contribution in [0, 0.1) is 0 Å². The van der Waals surface area contributed by atoms with Gasteiger partial charge in [-0.15, -0.1) is 0 Å². The van der Waals surface area contributed by atoms with Crippen LogP contribution in [0.15, 0.2) is 47.4 Å². The van der Waals surface area contributed by atoms with Gasteiger partial charge in [-0.3, -0.25) is 4.79 Å². The van der Waals surface area contributed by atoms with E-state index in [2.05, 4.69) is 4.72 Å². The zero-order chi connectivity index (χ0) is 19.6. The van der Waals surface area contributed by atoms with Crippen molar-refractivity contribution in [3.8, 4) is 5.75 Å². The van der Waals surface area contributed by atoms with Gasteiger partial charge in [0.05, 0.1) is 12.0 Å². The summed E-state index contributed by atoms with van der Waals surface area (Å²) in [7, 11) is -2.06. The van der Waals surface area contributed by atoms with Crippen molar-refractivity contribution in [3.63, 3.8) is 0 Å². The van der Waals surface area contributed by atoms with Crippen molar-refractivity contribution in [3.05, 3.63) is 53.6 Å². The molecule has 0 fully saturated rings. The minimum Gasteiger partial charge on any atom is -0.497 e. The minimum absolute atomic E-state index is 0.0395. The Bertz CT molecular complexity index is 939. The predicted molar refractivity (Wildman–Crippen MR) is 104 cm³/mol. The molecule has 7 heteroatoms. The van der Waals surface area contributed by atoms with Gasteiger partial charge < -0.3 is 9.64 Å². The molecule has 0 bridgehead atoms. The standard InChI is InChI=1S/C20H24N2O4S/c1-4-20(23)22-14(2)11-16-12-18(9-10-19(16)22)27(24,25)21-13-15-5-7-17(26-3)8-6-15/h5-10,12,14,21H,4,11,13H2,1-3H3/t14-/m1/s1. The molecule has 144 valence electrons. The molecule has 2 aromatic carbocycles. The lowest BCUT2D eigenvalue weighted by molar-refractivity contribution is -0.118. The van der Waals surface area contributed by atoms with Crippen molar-refractivity contribution in [2.45, 2.75) is 44.2 Å². The lowest BCUT2D eigenvalue weighted by atomic mass is 10.1. The van der Waals surface area contributed by atoms with E-state index in [0.717, 1.165) is 22.6 Å². The number of carbonyl (C=O) groups is 1. The highest BCUT2D eigenvalue weighted by molar-refractivity contribution is 7.89. The first-order valence-electron chi connectivity index (χ1n) is 8.93. The van der Waals surface area contributed by atoms with E-state index in [0.29, 0.717) is 12.8 Å². The van der Waals surface area contributed by atoms with Gasteiger partial charge >= 0.3 is 0 Å². The van der Waals surface area contributed by atoms with E-state index < -0.39 is 10.0 Å². The molecule has 1 heterocycles. The quantitative estimate of drug-likeness (QED) is 0.826. The highest BCUT2D eigenvalue weighted by atomic mass is 32.2. The maximum atomic E-state index is 12.7. The number of anilines is 1. The Morgan fingerprint density at radius 2 is 1.93 bits per heavy atom. The van der Waals surface area contributed by atoms with Crippen LogP contribution in [-0.4, -0.2) is 27.5 Å². The number of amides is 1. The Labute approximate surface area is 160 Å². The highest BCUT2D eigenvalue weighted by Gasteiger charge is 2.31. The number of ether oxygens (including phenoxy) is 1. The van der Waals surface area contributed by atoms with Crippen LogP contribution in [0.25, 0.3) is 0 Å². The predicted octanol–water partition coefficient (Wildman–Crippen LogP) is 2.86. The number of rotatable bonds is 6. The molecule has 0 radical (unpaired) electrons. The van der Waals surface area contributed by atoms with Crippen molar-refractivity contribution >= 4 is 21.6 Å². The van der Waals surface area contributed by atoms with Crippen LogP contribution in [-0.2, 0) is 27.8 Å². The summed E-state index contributed by atoms with van der Waals surface area (Å²) >= 11 is 0. The summed E-state index contributed by atoms with van der Waals surface area (Å²) in [5.74, 6) is 0.773. The van der Waals surface area contributed by atoms with Crippen molar-refractivity contribution < 1.29 is 17.9 Å². The normalized spacial score (nSPS) is 16.3. The van der Waals surface area contributed by atoms with Crippen LogP contribution in [0.1, 0.15) is 31.4 Å². The second-order valence-electron chi connectivity index (χ2n) is 6.63. The first kappa shape index (κ1) is 19.4. The van der Waals surface area contributed by atoms with Gasteiger partial charge in [-0.1, -0.05) is 19.1 Å². The van der Waals surface area contributed by atoms with Crippen LogP contribution < -0.4 is 14.4 Å². The third-order valence-corrected chi connectivity index (χ3v) is 6.17. The number of hydrogen-bond acceptors (Lipinski definition) is 4. The summed E-state index contributed by atoms with van der Waals surface area (Å²) in [6.07, 6.45) is 1.08. The number of nitrogens with zero attached hydrogens (tertiary/aromatic N) is 1. The molecule has 0 aromatic heterocycles. The number of fused-ring (bicyclic) bond motifs is 1. The zero-order valence-electron chi connectivity index (χ0n) is 15.7. The van der Waals surface area contributed by atoms with Crippen molar-refractivity contribution in [2.24, 2.45) is 0 Å². The molecule has 0 aliphatic carbocycles. The van der Waals surface area contributed by atoms with Crippen LogP contribution in [0.5, 0.6) is 5.75 Å². The van der Waals surface area contributed by atoms with Gasteiger partial charge in [0, 0.05) is 24.7 Å². The van der Waals surface area contributed by atoms with Crippen LogP contribution in [0.3, 0.4) is 0 Å². The largest absolute Gasteiger partial charge is 0.497 e. The molecule has 2 aromatic rings. The summed E-state index contributed by atoms with van der Waals surface area (Å²) in [5.41, 5.74) is 2.54. The van der Waals surface area contributed by atoms with Crippen LogP contribution in [0.4, 0.5) is 5.69 Å². The average molecular weight is 388 g/mol. The number of carbonyl (C=O) groups excluding carboxylic acids is 1. The van der Waals surface area contributed by atoms with Gasteiger partial charge in [-0.2, -0.15) is 0 Å². The fourth-order valence-electron chi connectivity index (χ4n) is 3.33. The van der Waals surface area contributed by atoms with E-state index >= 15 is 0 Å². The number of benzene rings is 2. The third-order valence-electron chi connectivity index (χ3n) is 4.77. The second kappa shape index (κ2) is 7.70. The summed E-state index contributed by atoms with van der Waals surface area (Å²) in [4.78, 5) is 14.1. The topological polar surface area (TPSA) is 75.7 Å². The van der Waals surface area contributed by atoms with E-state index in [1.54, 1.807) is 42.3 Å². The molecule has 6 nitrogen and oxygen atoms in total. The SMILES string of the molecule is CCC(=O)N1c2ccc(S(=O)(=O)NCc3ccc(OC)cc3)cc2C[C@H]1C. The van der Waals surface area contributed by atoms with E-state index in [-0.39, 0.29) is 23.4 Å². The molecule has 3 rings (SSSR count). The van der Waals surface area contributed by atoms with Crippen LogP contribution in [0.2, 0.25) is 0 Å². The Kier molecular flexibility index (Phi) is 5.53. The fraction of sp³-hybridized carbons (Fsp3) is 0.350. The lowest BCUT2D eigenvalue weighted by Gasteiger charge is -2.22. The van der Waals surface area contributed by atoms with E-state index in [1.807, 2.05) is 26.0 Å². The molecule has 0 saturated carbocycles. The fourth-order valence-corrected chi connectivity index (χ4v) is 4.40. The molecule has 1 aliphatic heterocycles. The average Bonchev–Trinajstić information content (AvgIpc) is 3.01. The number of methoxy groups -OCH3 is 1. The van der Waals surface area contributed by atoms with Gasteiger partial charge in [0.15, 0.2) is 0 Å². The Hall–Kier alpha value is -2.38. The summed E-state index contributed by atoms with van der Waals surface area (Å²) in [6.45, 7) is 4.00. The molecule has 1 N–H and O–H groups in total. The number of sulfonamides is 1. The molecule has 27 heavy (non-hydrogen) atoms. The lowest BCUT2D eigenvalue weighted by Crippen LogP contribution is -2.35. The smallest absolute Gasteiger partial charge is 0.240 e. The van der Waals surface area contributed by atoms with Crippen molar-refractivity contribution in [1.29, 1.82) is 0 Å². The van der Waals surface area contributed by atoms with Gasteiger partial charge in [-0.05, 0) is 54.8 Å². The van der Waals surface area contributed by atoms with Crippen molar-refractivity contribution in [2.75, 3.05) is 12.0 Å². The van der Waals surface area contributed by atoms with E-state index in [1.165, 1.54) is 0 Å². The second-order valence-corrected chi connectivity index (χ2v) is 8.40. The van der Waals surface area contributed by atoms with Gasteiger partial charge in [-0.25, -0.2) is 13.1 Å². The third kappa shape index (κ3) is 3.99. The maximum Gasteiger partial charge on any atom is 0.240 e. The summed E-state index contributed by atoms with van der Waals surface area (Å²) in [5, 5.41) is 0. The number of hydrogen-bond donors (Lipinski definition) is 1. The van der Waals surface area contributed by atoms with Crippen molar-refractivity contribution in [1.82, 2.24) is 4.72 Å². The van der Waals surface area contributed by atoms with E-state index in [4.69, 9.17) is 4.74 Å². The molecule has 1 atom stereocenters. The molecular weight excluding hydrogens is 364 g/mol. The van der Waals surface area contributed by atoms with Gasteiger partial charge in [0.2, 0.25) is 15.9 Å². The monoisotopic (exact) mass is 388 g/mol. The molecule has 1 aliphatic rings. The first-order chi connectivity index (χ1) is 12.9. The summed E-state index contributed by atoms with van der Waals surface area (Å²) < 4.78 is 33.1. The first-order valence-corrected chi connectivity index (χ1v) is 10.4. The Morgan fingerprint density at radius 1 is 1.22 bits per heavy atom. The molecule has 0 unspecified atom stereocenters. The number of nitrogens with one attached hydrogen (secondary N) is 1. The molecule has 1 amide bonds. The Morgan fingerprint density at radius 3 is 2.56 bits per heavy atom. The zero-order valence-corrected chi connectivity index (χ0v) is 16.5. The van der Waals surface area contributed by atoms with Crippen LogP contribution >= 0.6 is 0 Å². The Balaban J connectivity index is 1.77. The summed E-state index contributed by atoms with van der Waals surface area (Å²) in [6, 6.07) is 12.2. The molecule has 0 spiro atoms. The van der Waals surface area contributed by atoms with Gasteiger partial charge in [0.1, 0.15) is 5.75 Å². The molecular formula is C20H24N2O4S. The highest BCUT2D eigenvalue weighted by Crippen LogP contribution is 2.34. The minimum atomic E-state index is -3.64. The van der Waals surface area contributed by atoms with Gasteiger partial charge in [0.25, 0.3) is 0 Å². The maximum absolute atomic E-state index is 12.7.